The number of carbonyl (C=O) groups is 3. The first kappa shape index (κ1) is 24.0. The van der Waals surface area contributed by atoms with Crippen LogP contribution in [0.1, 0.15) is 49.0 Å². The van der Waals surface area contributed by atoms with E-state index in [0.717, 1.165) is 25.1 Å². The number of ether oxygens (including phenoxy) is 2. The van der Waals surface area contributed by atoms with Crippen molar-refractivity contribution in [3.05, 3.63) is 65.7 Å². The van der Waals surface area contributed by atoms with Gasteiger partial charge < -0.3 is 19.7 Å². The summed E-state index contributed by atoms with van der Waals surface area (Å²) in [5, 5.41) is 3.19. The van der Waals surface area contributed by atoms with Gasteiger partial charge in [0.1, 0.15) is 11.9 Å². The number of hydrogen-bond donors (Lipinski definition) is 1. The molecule has 1 aliphatic carbocycles. The zero-order valence-electron chi connectivity index (χ0n) is 20.0. The topological polar surface area (TPSA) is 84.9 Å². The number of nitrogens with zero attached hydrogens (tertiary/aromatic N) is 1. The number of likely N-dealkylation sites (tertiary alicyclic amines) is 1. The van der Waals surface area contributed by atoms with Crippen molar-refractivity contribution in [1.82, 2.24) is 10.2 Å². The van der Waals surface area contributed by atoms with Crippen LogP contribution in [0.5, 0.6) is 5.75 Å². The number of carbonyl (C=O) groups excluding carboxylic acids is 3. The molecule has 1 saturated heterocycles. The lowest BCUT2D eigenvalue weighted by Crippen LogP contribution is -2.61. The minimum absolute atomic E-state index is 0.0487. The Labute approximate surface area is 200 Å². The minimum Gasteiger partial charge on any atom is -0.462 e. The largest absolute Gasteiger partial charge is 0.462 e. The van der Waals surface area contributed by atoms with Gasteiger partial charge in [-0.25, -0.2) is 0 Å². The Morgan fingerprint density at radius 3 is 2.50 bits per heavy atom. The first-order valence-electron chi connectivity index (χ1n) is 11.8. The molecular weight excluding hydrogens is 432 g/mol. The molecule has 0 bridgehead atoms. The van der Waals surface area contributed by atoms with Crippen LogP contribution < -0.4 is 10.1 Å². The predicted molar refractivity (Wildman–Crippen MR) is 128 cm³/mol. The smallest absolute Gasteiger partial charge is 0.308 e. The summed E-state index contributed by atoms with van der Waals surface area (Å²) in [6, 6.07) is 16.6. The van der Waals surface area contributed by atoms with E-state index in [4.69, 9.17) is 9.47 Å². The van der Waals surface area contributed by atoms with Crippen LogP contribution in [0, 0.1) is 5.92 Å². The number of piperidine rings is 1. The Bertz CT molecular complexity index is 1060. The van der Waals surface area contributed by atoms with Crippen LogP contribution in [-0.4, -0.2) is 55.0 Å². The molecule has 4 rings (SSSR count). The first-order valence-corrected chi connectivity index (χ1v) is 11.8. The van der Waals surface area contributed by atoms with E-state index in [1.807, 2.05) is 30.3 Å². The lowest BCUT2D eigenvalue weighted by Gasteiger charge is -2.55. The van der Waals surface area contributed by atoms with Gasteiger partial charge in [0.15, 0.2) is 0 Å². The Morgan fingerprint density at radius 2 is 1.79 bits per heavy atom. The molecule has 1 aliphatic heterocycles. The molecule has 1 heterocycles. The Kier molecular flexibility index (Phi) is 7.03. The zero-order chi connectivity index (χ0) is 24.3. The van der Waals surface area contributed by atoms with Crippen LogP contribution in [-0.2, 0) is 19.7 Å². The average molecular weight is 465 g/mol. The summed E-state index contributed by atoms with van der Waals surface area (Å²) in [7, 11) is 2.08. The molecule has 0 spiro atoms. The molecule has 7 nitrogen and oxygen atoms in total. The maximum atomic E-state index is 13.0. The summed E-state index contributed by atoms with van der Waals surface area (Å²) < 4.78 is 11.2. The van der Waals surface area contributed by atoms with E-state index in [1.165, 1.54) is 13.8 Å². The van der Waals surface area contributed by atoms with Gasteiger partial charge in [-0.3, -0.25) is 14.4 Å². The summed E-state index contributed by atoms with van der Waals surface area (Å²) in [4.78, 5) is 38.9. The number of esters is 2. The van der Waals surface area contributed by atoms with Crippen molar-refractivity contribution >= 4 is 17.8 Å². The molecule has 4 atom stereocenters. The monoisotopic (exact) mass is 464 g/mol. The third-order valence-corrected chi connectivity index (χ3v) is 7.09. The van der Waals surface area contributed by atoms with E-state index in [0.29, 0.717) is 24.2 Å². The Hall–Kier alpha value is -3.19. The van der Waals surface area contributed by atoms with E-state index in [-0.39, 0.29) is 41.3 Å². The van der Waals surface area contributed by atoms with E-state index < -0.39 is 0 Å². The van der Waals surface area contributed by atoms with Gasteiger partial charge >= 0.3 is 11.9 Å². The predicted octanol–water partition coefficient (Wildman–Crippen LogP) is 3.33. The normalized spacial score (nSPS) is 26.7. The van der Waals surface area contributed by atoms with Gasteiger partial charge in [0.05, 0.1) is 0 Å². The van der Waals surface area contributed by atoms with Gasteiger partial charge in [0.25, 0.3) is 5.91 Å². The van der Waals surface area contributed by atoms with Crippen LogP contribution in [0.15, 0.2) is 54.6 Å². The fraction of sp³-hybridized carbons (Fsp3) is 0.444. The number of nitrogens with one attached hydrogen (secondary N) is 1. The maximum Gasteiger partial charge on any atom is 0.308 e. The Morgan fingerprint density at radius 1 is 1.03 bits per heavy atom. The summed E-state index contributed by atoms with van der Waals surface area (Å²) in [5.41, 5.74) is 1.30. The van der Waals surface area contributed by atoms with Crippen molar-refractivity contribution in [2.75, 3.05) is 20.1 Å². The molecule has 7 heteroatoms. The molecule has 2 aliphatic rings. The second-order valence-corrected chi connectivity index (χ2v) is 9.52. The van der Waals surface area contributed by atoms with Gasteiger partial charge in [-0.1, -0.05) is 30.3 Å². The SMILES string of the molecule is CC(=O)Oc1cccc(C23CCN(C)CC2C(OC(C)=O)CC(NC(=O)c2ccccc2)C3)c1. The molecule has 1 amide bonds. The van der Waals surface area contributed by atoms with Crippen LogP contribution in [0.3, 0.4) is 0 Å². The molecule has 180 valence electrons. The Balaban J connectivity index is 1.71. The molecule has 2 aromatic rings. The molecule has 0 radical (unpaired) electrons. The maximum absolute atomic E-state index is 13.0. The highest BCUT2D eigenvalue weighted by Crippen LogP contribution is 2.50. The van der Waals surface area contributed by atoms with E-state index in [2.05, 4.69) is 23.3 Å². The van der Waals surface area contributed by atoms with Gasteiger partial charge in [-0.05, 0) is 56.3 Å². The number of fused-ring (bicyclic) bond motifs is 1. The van der Waals surface area contributed by atoms with Crippen molar-refractivity contribution < 1.29 is 23.9 Å². The van der Waals surface area contributed by atoms with E-state index >= 15 is 0 Å². The summed E-state index contributed by atoms with van der Waals surface area (Å²) in [6.07, 6.45) is 1.77. The lowest BCUT2D eigenvalue weighted by atomic mass is 9.57. The van der Waals surface area contributed by atoms with Crippen molar-refractivity contribution in [3.63, 3.8) is 0 Å². The number of rotatable bonds is 5. The highest BCUT2D eigenvalue weighted by Gasteiger charge is 2.53. The fourth-order valence-corrected chi connectivity index (χ4v) is 5.70. The average Bonchev–Trinajstić information content (AvgIpc) is 2.79. The standard InChI is InChI=1S/C27H32N2O5/c1-18(30)33-23-11-7-10-21(14-23)27-12-13-29(3)17-24(27)25(34-19(2)31)15-22(16-27)28-26(32)20-8-5-4-6-9-20/h4-11,14,22,24-25H,12-13,15-17H2,1-3H3,(H,28,32). The number of hydrogen-bond acceptors (Lipinski definition) is 6. The van der Waals surface area contributed by atoms with Crippen molar-refractivity contribution in [3.8, 4) is 5.75 Å². The second-order valence-electron chi connectivity index (χ2n) is 9.52. The van der Waals surface area contributed by atoms with Crippen molar-refractivity contribution in [2.45, 2.75) is 50.7 Å². The molecule has 2 aromatic carbocycles. The molecule has 4 unspecified atom stereocenters. The van der Waals surface area contributed by atoms with E-state index in [1.54, 1.807) is 18.2 Å². The molecular formula is C27H32N2O5. The zero-order valence-corrected chi connectivity index (χ0v) is 20.0. The van der Waals surface area contributed by atoms with Gasteiger partial charge in [0, 0.05) is 49.8 Å². The lowest BCUT2D eigenvalue weighted by molar-refractivity contribution is -0.157. The van der Waals surface area contributed by atoms with E-state index in [9.17, 15) is 14.4 Å². The third-order valence-electron chi connectivity index (χ3n) is 7.09. The van der Waals surface area contributed by atoms with Crippen LogP contribution in [0.2, 0.25) is 0 Å². The van der Waals surface area contributed by atoms with Crippen LogP contribution >= 0.6 is 0 Å². The van der Waals surface area contributed by atoms with Gasteiger partial charge in [-0.15, -0.1) is 0 Å². The molecule has 1 N–H and O–H groups in total. The van der Waals surface area contributed by atoms with Crippen LogP contribution in [0.4, 0.5) is 0 Å². The summed E-state index contributed by atoms with van der Waals surface area (Å²) >= 11 is 0. The number of amides is 1. The van der Waals surface area contributed by atoms with Crippen molar-refractivity contribution in [2.24, 2.45) is 5.92 Å². The number of benzene rings is 2. The van der Waals surface area contributed by atoms with Gasteiger partial charge in [0.2, 0.25) is 0 Å². The highest BCUT2D eigenvalue weighted by atomic mass is 16.5. The summed E-state index contributed by atoms with van der Waals surface area (Å²) in [6.45, 7) is 4.47. The van der Waals surface area contributed by atoms with Crippen LogP contribution in [0.25, 0.3) is 0 Å². The second kappa shape index (κ2) is 9.97. The third kappa shape index (κ3) is 5.14. The fourth-order valence-electron chi connectivity index (χ4n) is 5.70. The van der Waals surface area contributed by atoms with Crippen molar-refractivity contribution in [1.29, 1.82) is 0 Å². The highest BCUT2D eigenvalue weighted by molar-refractivity contribution is 5.94. The molecule has 0 aromatic heterocycles. The molecule has 34 heavy (non-hydrogen) atoms. The van der Waals surface area contributed by atoms with Gasteiger partial charge in [-0.2, -0.15) is 0 Å². The first-order chi connectivity index (χ1) is 16.3. The quantitative estimate of drug-likeness (QED) is 0.540. The molecule has 1 saturated carbocycles. The minimum atomic E-state index is -0.371. The molecule has 2 fully saturated rings. The summed E-state index contributed by atoms with van der Waals surface area (Å²) in [5.74, 6) is -0.286.